The Morgan fingerprint density at radius 3 is 3.05 bits per heavy atom. The number of ether oxygens (including phenoxy) is 1. The number of carbonyl (C=O) groups is 1. The molecule has 0 bridgehead atoms. The first-order valence-corrected chi connectivity index (χ1v) is 6.96. The number of unbranched alkanes of at least 4 members (excludes halogenated alkanes) is 1. The Morgan fingerprint density at radius 2 is 2.21 bits per heavy atom. The summed E-state index contributed by atoms with van der Waals surface area (Å²) in [7, 11) is 0. The molecule has 4 heteroatoms. The number of amides is 1. The zero-order chi connectivity index (χ0) is 13.5. The minimum absolute atomic E-state index is 0.154. The van der Waals surface area contributed by atoms with Crippen LogP contribution >= 0.6 is 0 Å². The topological polar surface area (TPSA) is 64.4 Å². The lowest BCUT2D eigenvalue weighted by atomic mass is 9.97. The number of nitrogens with two attached hydrogens (primary N) is 1. The summed E-state index contributed by atoms with van der Waals surface area (Å²) >= 11 is 0. The Hall–Kier alpha value is -1.39. The van der Waals surface area contributed by atoms with E-state index in [-0.39, 0.29) is 12.0 Å². The van der Waals surface area contributed by atoms with E-state index in [4.69, 9.17) is 10.5 Å². The second-order valence-electron chi connectivity index (χ2n) is 4.94. The molecule has 0 aromatic heterocycles. The standard InChI is InChI=1S/C15H22N2O2/c16-15(18)7-3-4-9-17-11-14-13-6-2-1-5-12(13)8-10-19-14/h1-2,5-6,14,17H,3-4,7-11H2,(H2,16,18). The van der Waals surface area contributed by atoms with E-state index in [0.29, 0.717) is 6.42 Å². The molecule has 104 valence electrons. The largest absolute Gasteiger partial charge is 0.372 e. The molecule has 1 atom stereocenters. The van der Waals surface area contributed by atoms with Crippen molar-refractivity contribution in [3.8, 4) is 0 Å². The number of rotatable bonds is 7. The van der Waals surface area contributed by atoms with Crippen molar-refractivity contribution in [2.45, 2.75) is 31.8 Å². The molecule has 0 saturated carbocycles. The van der Waals surface area contributed by atoms with Crippen LogP contribution in [0.3, 0.4) is 0 Å². The van der Waals surface area contributed by atoms with Crippen LogP contribution in [0.4, 0.5) is 0 Å². The van der Waals surface area contributed by atoms with Crippen molar-refractivity contribution in [2.24, 2.45) is 5.73 Å². The van der Waals surface area contributed by atoms with Crippen molar-refractivity contribution >= 4 is 5.91 Å². The maximum Gasteiger partial charge on any atom is 0.217 e. The number of primary amides is 1. The van der Waals surface area contributed by atoms with E-state index in [0.717, 1.165) is 39.0 Å². The number of hydrogen-bond donors (Lipinski definition) is 2. The van der Waals surface area contributed by atoms with Crippen LogP contribution in [-0.4, -0.2) is 25.6 Å². The van der Waals surface area contributed by atoms with Crippen molar-refractivity contribution < 1.29 is 9.53 Å². The Bertz CT molecular complexity index is 420. The highest BCUT2D eigenvalue weighted by Crippen LogP contribution is 2.26. The third-order valence-electron chi connectivity index (χ3n) is 3.45. The normalized spacial score (nSPS) is 18.0. The van der Waals surface area contributed by atoms with Gasteiger partial charge in [-0.1, -0.05) is 24.3 Å². The Kier molecular flexibility index (Phi) is 5.36. The highest BCUT2D eigenvalue weighted by atomic mass is 16.5. The fourth-order valence-corrected chi connectivity index (χ4v) is 2.43. The van der Waals surface area contributed by atoms with Crippen LogP contribution in [0.1, 0.15) is 36.5 Å². The average Bonchev–Trinajstić information content (AvgIpc) is 2.42. The maximum absolute atomic E-state index is 10.6. The van der Waals surface area contributed by atoms with Crippen molar-refractivity contribution in [3.63, 3.8) is 0 Å². The molecule has 0 fully saturated rings. The first kappa shape index (κ1) is 14.0. The summed E-state index contributed by atoms with van der Waals surface area (Å²) in [6, 6.07) is 8.47. The molecule has 0 saturated heterocycles. The van der Waals surface area contributed by atoms with Crippen molar-refractivity contribution in [3.05, 3.63) is 35.4 Å². The molecule has 1 unspecified atom stereocenters. The third kappa shape index (κ3) is 4.33. The molecular weight excluding hydrogens is 240 g/mol. The summed E-state index contributed by atoms with van der Waals surface area (Å²) in [5.74, 6) is -0.218. The van der Waals surface area contributed by atoms with Gasteiger partial charge in [0, 0.05) is 13.0 Å². The molecule has 3 N–H and O–H groups in total. The lowest BCUT2D eigenvalue weighted by Crippen LogP contribution is -2.28. The fourth-order valence-electron chi connectivity index (χ4n) is 2.43. The van der Waals surface area contributed by atoms with Gasteiger partial charge in [0.25, 0.3) is 0 Å². The van der Waals surface area contributed by atoms with Gasteiger partial charge in [0.15, 0.2) is 0 Å². The SMILES string of the molecule is NC(=O)CCCCNCC1OCCc2ccccc21. The molecule has 1 amide bonds. The van der Waals surface area contributed by atoms with E-state index in [2.05, 4.69) is 29.6 Å². The quantitative estimate of drug-likeness (QED) is 0.733. The van der Waals surface area contributed by atoms with E-state index in [1.54, 1.807) is 0 Å². The molecule has 0 aliphatic carbocycles. The lowest BCUT2D eigenvalue weighted by Gasteiger charge is -2.26. The predicted molar refractivity (Wildman–Crippen MR) is 74.8 cm³/mol. The van der Waals surface area contributed by atoms with Gasteiger partial charge < -0.3 is 15.8 Å². The van der Waals surface area contributed by atoms with Gasteiger partial charge >= 0.3 is 0 Å². The summed E-state index contributed by atoms with van der Waals surface area (Å²) in [6.07, 6.45) is 3.46. The van der Waals surface area contributed by atoms with Gasteiger partial charge in [0.1, 0.15) is 0 Å². The smallest absolute Gasteiger partial charge is 0.217 e. The van der Waals surface area contributed by atoms with Crippen LogP contribution in [0.15, 0.2) is 24.3 Å². The maximum atomic E-state index is 10.6. The number of carbonyl (C=O) groups excluding carboxylic acids is 1. The molecular formula is C15H22N2O2. The second kappa shape index (κ2) is 7.26. The molecule has 1 aromatic rings. The van der Waals surface area contributed by atoms with Gasteiger partial charge in [-0.15, -0.1) is 0 Å². The van der Waals surface area contributed by atoms with Crippen LogP contribution in [0.5, 0.6) is 0 Å². The first-order valence-electron chi connectivity index (χ1n) is 6.96. The molecule has 1 aliphatic heterocycles. The van der Waals surface area contributed by atoms with Crippen LogP contribution in [0.25, 0.3) is 0 Å². The average molecular weight is 262 g/mol. The van der Waals surface area contributed by atoms with Gasteiger partial charge in [-0.2, -0.15) is 0 Å². The molecule has 1 aliphatic rings. The van der Waals surface area contributed by atoms with Gasteiger partial charge in [-0.25, -0.2) is 0 Å². The minimum Gasteiger partial charge on any atom is -0.372 e. The van der Waals surface area contributed by atoms with E-state index in [9.17, 15) is 4.79 Å². The first-order chi connectivity index (χ1) is 9.27. The van der Waals surface area contributed by atoms with Crippen LogP contribution in [-0.2, 0) is 16.0 Å². The molecule has 1 aromatic carbocycles. The second-order valence-corrected chi connectivity index (χ2v) is 4.94. The molecule has 2 rings (SSSR count). The van der Waals surface area contributed by atoms with E-state index >= 15 is 0 Å². The van der Waals surface area contributed by atoms with Crippen LogP contribution in [0.2, 0.25) is 0 Å². The van der Waals surface area contributed by atoms with Crippen LogP contribution in [0, 0.1) is 0 Å². The third-order valence-corrected chi connectivity index (χ3v) is 3.45. The molecule has 0 radical (unpaired) electrons. The molecule has 4 nitrogen and oxygen atoms in total. The zero-order valence-electron chi connectivity index (χ0n) is 11.2. The number of nitrogens with one attached hydrogen (secondary N) is 1. The summed E-state index contributed by atoms with van der Waals surface area (Å²) in [4.78, 5) is 10.6. The Morgan fingerprint density at radius 1 is 1.37 bits per heavy atom. The lowest BCUT2D eigenvalue weighted by molar-refractivity contribution is -0.118. The van der Waals surface area contributed by atoms with Crippen LogP contribution < -0.4 is 11.1 Å². The van der Waals surface area contributed by atoms with Crippen molar-refractivity contribution in [1.82, 2.24) is 5.32 Å². The van der Waals surface area contributed by atoms with E-state index < -0.39 is 0 Å². The zero-order valence-corrected chi connectivity index (χ0v) is 11.2. The number of benzene rings is 1. The highest BCUT2D eigenvalue weighted by molar-refractivity contribution is 5.73. The molecule has 19 heavy (non-hydrogen) atoms. The summed E-state index contributed by atoms with van der Waals surface area (Å²) < 4.78 is 5.81. The minimum atomic E-state index is -0.218. The van der Waals surface area contributed by atoms with Gasteiger partial charge in [-0.05, 0) is 36.9 Å². The Balaban J connectivity index is 1.71. The van der Waals surface area contributed by atoms with Gasteiger partial charge in [0.05, 0.1) is 12.7 Å². The molecule has 0 spiro atoms. The van der Waals surface area contributed by atoms with Crippen molar-refractivity contribution in [1.29, 1.82) is 0 Å². The van der Waals surface area contributed by atoms with Crippen molar-refractivity contribution in [2.75, 3.05) is 19.7 Å². The van der Waals surface area contributed by atoms with E-state index in [1.807, 2.05) is 0 Å². The van der Waals surface area contributed by atoms with Gasteiger partial charge in [-0.3, -0.25) is 4.79 Å². The number of hydrogen-bond acceptors (Lipinski definition) is 3. The van der Waals surface area contributed by atoms with E-state index in [1.165, 1.54) is 11.1 Å². The predicted octanol–water partition coefficient (Wildman–Crippen LogP) is 1.55. The Labute approximate surface area is 114 Å². The molecule has 1 heterocycles. The van der Waals surface area contributed by atoms with Gasteiger partial charge in [0.2, 0.25) is 5.91 Å². The highest BCUT2D eigenvalue weighted by Gasteiger charge is 2.19. The summed E-state index contributed by atoms with van der Waals surface area (Å²) in [5, 5.41) is 3.39. The number of fused-ring (bicyclic) bond motifs is 1. The summed E-state index contributed by atoms with van der Waals surface area (Å²) in [6.45, 7) is 2.52. The monoisotopic (exact) mass is 262 g/mol. The summed E-state index contributed by atoms with van der Waals surface area (Å²) in [5.41, 5.74) is 7.80. The fraction of sp³-hybridized carbons (Fsp3) is 0.533.